The van der Waals surface area contributed by atoms with Crippen LogP contribution in [0.1, 0.15) is 70.3 Å². The summed E-state index contributed by atoms with van der Waals surface area (Å²) in [4.78, 5) is 0. The fraction of sp³-hybridized carbons (Fsp3) is 0.667. The van der Waals surface area contributed by atoms with Crippen LogP contribution in [0.5, 0.6) is 0 Å². The number of rotatable bonds is 10. The number of benzene rings is 1. The maximum atomic E-state index is 3.54. The van der Waals surface area contributed by atoms with Gasteiger partial charge < -0.3 is 5.32 Å². The molecule has 1 heteroatoms. The molecule has 0 amide bonds. The summed E-state index contributed by atoms with van der Waals surface area (Å²) in [5.74, 6) is 0.650. The Morgan fingerprint density at radius 1 is 0.947 bits per heavy atom. The summed E-state index contributed by atoms with van der Waals surface area (Å²) in [6.45, 7) is 4.58. The maximum Gasteiger partial charge on any atom is 0.0133 e. The van der Waals surface area contributed by atoms with Gasteiger partial charge in [0.05, 0.1) is 0 Å². The van der Waals surface area contributed by atoms with E-state index in [4.69, 9.17) is 0 Å². The zero-order valence-corrected chi connectivity index (χ0v) is 13.0. The predicted molar refractivity (Wildman–Crippen MR) is 85.7 cm³/mol. The second kappa shape index (κ2) is 10.0. The average molecular weight is 261 g/mol. The second-order valence-corrected chi connectivity index (χ2v) is 5.52. The van der Waals surface area contributed by atoms with E-state index >= 15 is 0 Å². The molecule has 0 radical (unpaired) electrons. The molecular weight excluding hydrogens is 230 g/mol. The van der Waals surface area contributed by atoms with E-state index in [-0.39, 0.29) is 0 Å². The molecule has 0 spiro atoms. The third kappa shape index (κ3) is 5.78. The number of likely N-dealkylation sites (N-methyl/N-ethyl adjacent to an activating group) is 1. The van der Waals surface area contributed by atoms with Crippen molar-refractivity contribution in [2.75, 3.05) is 7.05 Å². The molecule has 1 aromatic rings. The van der Waals surface area contributed by atoms with Crippen LogP contribution in [0.2, 0.25) is 0 Å². The monoisotopic (exact) mass is 261 g/mol. The molecule has 1 aromatic carbocycles. The Morgan fingerprint density at radius 3 is 2.21 bits per heavy atom. The van der Waals surface area contributed by atoms with Gasteiger partial charge in [-0.05, 0) is 31.4 Å². The minimum absolute atomic E-state index is 0.619. The van der Waals surface area contributed by atoms with Gasteiger partial charge in [-0.25, -0.2) is 0 Å². The van der Waals surface area contributed by atoms with Gasteiger partial charge >= 0.3 is 0 Å². The normalized spacial score (nSPS) is 14.3. The van der Waals surface area contributed by atoms with Crippen molar-refractivity contribution in [3.63, 3.8) is 0 Å². The molecule has 1 rings (SSSR count). The summed E-state index contributed by atoms with van der Waals surface area (Å²) in [6.07, 6.45) is 9.37. The molecule has 0 aromatic heterocycles. The molecule has 0 aliphatic rings. The summed E-state index contributed by atoms with van der Waals surface area (Å²) < 4.78 is 0. The lowest BCUT2D eigenvalue weighted by Crippen LogP contribution is -2.31. The second-order valence-electron chi connectivity index (χ2n) is 5.52. The third-order valence-electron chi connectivity index (χ3n) is 4.14. The molecule has 19 heavy (non-hydrogen) atoms. The summed E-state index contributed by atoms with van der Waals surface area (Å²) in [5, 5.41) is 3.54. The first kappa shape index (κ1) is 16.2. The topological polar surface area (TPSA) is 12.0 Å². The fourth-order valence-electron chi connectivity index (χ4n) is 2.97. The van der Waals surface area contributed by atoms with E-state index in [2.05, 4.69) is 56.5 Å². The van der Waals surface area contributed by atoms with Crippen LogP contribution in [0.3, 0.4) is 0 Å². The first-order chi connectivity index (χ1) is 9.33. The van der Waals surface area contributed by atoms with Gasteiger partial charge in [-0.2, -0.15) is 0 Å². The van der Waals surface area contributed by atoms with Crippen molar-refractivity contribution in [2.45, 2.75) is 70.8 Å². The third-order valence-corrected chi connectivity index (χ3v) is 4.14. The van der Waals surface area contributed by atoms with E-state index < -0.39 is 0 Å². The zero-order chi connectivity index (χ0) is 13.9. The summed E-state index contributed by atoms with van der Waals surface area (Å²) in [6, 6.07) is 11.6. The number of hydrogen-bond donors (Lipinski definition) is 1. The first-order valence-electron chi connectivity index (χ1n) is 8.05. The van der Waals surface area contributed by atoms with Crippen LogP contribution in [0.15, 0.2) is 30.3 Å². The van der Waals surface area contributed by atoms with Crippen LogP contribution in [-0.2, 0) is 0 Å². The molecule has 0 saturated carbocycles. The van der Waals surface area contributed by atoms with E-state index in [9.17, 15) is 0 Å². The van der Waals surface area contributed by atoms with Gasteiger partial charge in [0.15, 0.2) is 0 Å². The van der Waals surface area contributed by atoms with Gasteiger partial charge in [0.1, 0.15) is 0 Å². The Balaban J connectivity index is 2.47. The van der Waals surface area contributed by atoms with Gasteiger partial charge in [0, 0.05) is 6.04 Å². The van der Waals surface area contributed by atoms with Crippen molar-refractivity contribution in [1.29, 1.82) is 0 Å². The molecule has 0 fully saturated rings. The number of hydrogen-bond acceptors (Lipinski definition) is 1. The molecule has 0 heterocycles. The lowest BCUT2D eigenvalue weighted by Gasteiger charge is -2.26. The highest BCUT2D eigenvalue weighted by Gasteiger charge is 2.19. The Morgan fingerprint density at radius 2 is 1.63 bits per heavy atom. The Labute approximate surface area is 119 Å². The highest BCUT2D eigenvalue weighted by molar-refractivity contribution is 5.21. The largest absolute Gasteiger partial charge is 0.316 e. The van der Waals surface area contributed by atoms with Crippen LogP contribution in [0, 0.1) is 0 Å². The number of unbranched alkanes of at least 4 members (excludes halogenated alkanes) is 4. The highest BCUT2D eigenvalue weighted by Crippen LogP contribution is 2.26. The summed E-state index contributed by atoms with van der Waals surface area (Å²) in [5.41, 5.74) is 1.48. The van der Waals surface area contributed by atoms with E-state index in [1.54, 1.807) is 0 Å². The van der Waals surface area contributed by atoms with Crippen molar-refractivity contribution in [3.8, 4) is 0 Å². The fourth-order valence-corrected chi connectivity index (χ4v) is 2.97. The van der Waals surface area contributed by atoms with Crippen molar-refractivity contribution in [1.82, 2.24) is 5.32 Å². The molecule has 2 unspecified atom stereocenters. The van der Waals surface area contributed by atoms with Crippen molar-refractivity contribution in [2.24, 2.45) is 0 Å². The lowest BCUT2D eigenvalue weighted by molar-refractivity contribution is 0.407. The van der Waals surface area contributed by atoms with Gasteiger partial charge in [-0.3, -0.25) is 0 Å². The van der Waals surface area contributed by atoms with Crippen LogP contribution >= 0.6 is 0 Å². The Bertz CT molecular complexity index is 307. The molecule has 0 saturated heterocycles. The Kier molecular flexibility index (Phi) is 8.57. The molecule has 0 aliphatic carbocycles. The van der Waals surface area contributed by atoms with Crippen LogP contribution in [0.4, 0.5) is 0 Å². The van der Waals surface area contributed by atoms with Gasteiger partial charge in [0.2, 0.25) is 0 Å². The van der Waals surface area contributed by atoms with E-state index in [0.29, 0.717) is 12.0 Å². The van der Waals surface area contributed by atoms with Gasteiger partial charge in [-0.1, -0.05) is 76.3 Å². The molecule has 108 valence electrons. The summed E-state index contributed by atoms with van der Waals surface area (Å²) >= 11 is 0. The lowest BCUT2D eigenvalue weighted by atomic mass is 9.86. The minimum Gasteiger partial charge on any atom is -0.316 e. The standard InChI is InChI=1S/C18H31N/c1-4-6-7-8-12-15-18(19-3)17(5-2)16-13-10-9-11-14-16/h9-11,13-14,17-19H,4-8,12,15H2,1-3H3. The van der Waals surface area contributed by atoms with E-state index in [1.165, 1.54) is 50.5 Å². The molecule has 0 bridgehead atoms. The van der Waals surface area contributed by atoms with Gasteiger partial charge in [-0.15, -0.1) is 0 Å². The van der Waals surface area contributed by atoms with E-state index in [0.717, 1.165) is 0 Å². The van der Waals surface area contributed by atoms with Gasteiger partial charge in [0.25, 0.3) is 0 Å². The maximum absolute atomic E-state index is 3.54. The minimum atomic E-state index is 0.619. The van der Waals surface area contributed by atoms with Crippen LogP contribution in [-0.4, -0.2) is 13.1 Å². The molecular formula is C18H31N. The van der Waals surface area contributed by atoms with Crippen molar-refractivity contribution >= 4 is 0 Å². The molecule has 0 aliphatic heterocycles. The average Bonchev–Trinajstić information content (AvgIpc) is 2.47. The molecule has 1 N–H and O–H groups in total. The SMILES string of the molecule is CCCCCCCC(NC)C(CC)c1ccccc1. The highest BCUT2D eigenvalue weighted by atomic mass is 14.9. The predicted octanol–water partition coefficient (Wildman–Crippen LogP) is 5.13. The smallest absolute Gasteiger partial charge is 0.0133 e. The quantitative estimate of drug-likeness (QED) is 0.576. The summed E-state index contributed by atoms with van der Waals surface area (Å²) in [7, 11) is 2.11. The van der Waals surface area contributed by atoms with Crippen molar-refractivity contribution in [3.05, 3.63) is 35.9 Å². The number of nitrogens with one attached hydrogen (secondary N) is 1. The van der Waals surface area contributed by atoms with Crippen LogP contribution in [0.25, 0.3) is 0 Å². The first-order valence-corrected chi connectivity index (χ1v) is 8.05. The molecule has 1 nitrogen and oxygen atoms in total. The van der Waals surface area contributed by atoms with Crippen molar-refractivity contribution < 1.29 is 0 Å². The Hall–Kier alpha value is -0.820. The van der Waals surface area contributed by atoms with E-state index in [1.807, 2.05) is 0 Å². The zero-order valence-electron chi connectivity index (χ0n) is 13.0. The molecule has 2 atom stereocenters. The van der Waals surface area contributed by atoms with Crippen LogP contribution < -0.4 is 5.32 Å².